The zero-order valence-corrected chi connectivity index (χ0v) is 11.1. The lowest BCUT2D eigenvalue weighted by molar-refractivity contribution is 0.683. The highest BCUT2D eigenvalue weighted by molar-refractivity contribution is 5.62. The molecule has 0 amide bonds. The van der Waals surface area contributed by atoms with E-state index in [0.29, 0.717) is 0 Å². The molecule has 96 valence electrons. The molecule has 0 saturated carbocycles. The minimum absolute atomic E-state index is 0.848. The van der Waals surface area contributed by atoms with Gasteiger partial charge < -0.3 is 9.88 Å². The second-order valence-electron chi connectivity index (χ2n) is 4.17. The van der Waals surface area contributed by atoms with Crippen molar-refractivity contribution in [3.63, 3.8) is 0 Å². The van der Waals surface area contributed by atoms with Gasteiger partial charge in [-0.3, -0.25) is 0 Å². The van der Waals surface area contributed by atoms with Crippen molar-refractivity contribution in [1.82, 2.24) is 19.5 Å². The van der Waals surface area contributed by atoms with Gasteiger partial charge in [-0.05, 0) is 20.3 Å². The Labute approximate surface area is 107 Å². The maximum Gasteiger partial charge on any atom is 0.159 e. The molecule has 0 radical (unpaired) electrons. The predicted octanol–water partition coefficient (Wildman–Crippen LogP) is 2.49. The second kappa shape index (κ2) is 5.62. The molecule has 2 rings (SSSR count). The van der Waals surface area contributed by atoms with Gasteiger partial charge in [0.2, 0.25) is 0 Å². The summed E-state index contributed by atoms with van der Waals surface area (Å²) >= 11 is 0. The number of hydrogen-bond donors (Lipinski definition) is 1. The molecule has 0 aliphatic carbocycles. The van der Waals surface area contributed by atoms with Gasteiger partial charge in [0.05, 0.1) is 0 Å². The monoisotopic (exact) mass is 245 g/mol. The molecule has 2 aromatic heterocycles. The fourth-order valence-corrected chi connectivity index (χ4v) is 1.97. The van der Waals surface area contributed by atoms with Gasteiger partial charge >= 0.3 is 0 Å². The molecule has 0 spiro atoms. The standard InChI is InChI=1S/C13H19N5/c1-4-7-18-8-6-15-13(18)11-10(3)12(14-5-2)17-9-16-11/h6,8-9H,4-5,7H2,1-3H3,(H,14,16,17). The van der Waals surface area contributed by atoms with Crippen molar-refractivity contribution in [3.8, 4) is 11.5 Å². The molecule has 0 bridgehead atoms. The Morgan fingerprint density at radius 1 is 1.22 bits per heavy atom. The van der Waals surface area contributed by atoms with Gasteiger partial charge in [-0.1, -0.05) is 6.92 Å². The van der Waals surface area contributed by atoms with Crippen LogP contribution in [0.15, 0.2) is 18.7 Å². The van der Waals surface area contributed by atoms with Crippen molar-refractivity contribution in [2.45, 2.75) is 33.7 Å². The van der Waals surface area contributed by atoms with Crippen molar-refractivity contribution in [1.29, 1.82) is 0 Å². The molecule has 2 heterocycles. The maximum atomic E-state index is 4.41. The van der Waals surface area contributed by atoms with Crippen molar-refractivity contribution in [2.24, 2.45) is 0 Å². The molecular formula is C13H19N5. The molecule has 2 aromatic rings. The van der Waals surface area contributed by atoms with Crippen LogP contribution >= 0.6 is 0 Å². The average Bonchev–Trinajstić information content (AvgIpc) is 2.81. The first-order valence-corrected chi connectivity index (χ1v) is 6.34. The average molecular weight is 245 g/mol. The molecule has 5 nitrogen and oxygen atoms in total. The number of nitrogens with zero attached hydrogens (tertiary/aromatic N) is 4. The van der Waals surface area contributed by atoms with Crippen LogP contribution < -0.4 is 5.32 Å². The second-order valence-corrected chi connectivity index (χ2v) is 4.17. The van der Waals surface area contributed by atoms with Crippen LogP contribution in [0.3, 0.4) is 0 Å². The van der Waals surface area contributed by atoms with Crippen LogP contribution in [0.2, 0.25) is 0 Å². The molecule has 5 heteroatoms. The molecule has 18 heavy (non-hydrogen) atoms. The van der Waals surface area contributed by atoms with E-state index in [2.05, 4.69) is 38.7 Å². The van der Waals surface area contributed by atoms with E-state index < -0.39 is 0 Å². The summed E-state index contributed by atoms with van der Waals surface area (Å²) in [4.78, 5) is 13.0. The normalized spacial score (nSPS) is 10.6. The molecule has 1 N–H and O–H groups in total. The van der Waals surface area contributed by atoms with Crippen LogP contribution in [0.25, 0.3) is 11.5 Å². The van der Waals surface area contributed by atoms with Gasteiger partial charge in [0, 0.05) is 31.0 Å². The highest BCUT2D eigenvalue weighted by Crippen LogP contribution is 2.23. The summed E-state index contributed by atoms with van der Waals surface area (Å²) in [6.45, 7) is 8.04. The Bertz CT molecular complexity index is 518. The van der Waals surface area contributed by atoms with Gasteiger partial charge in [0.1, 0.15) is 17.8 Å². The van der Waals surface area contributed by atoms with Crippen LogP contribution in [0, 0.1) is 6.92 Å². The van der Waals surface area contributed by atoms with Gasteiger partial charge in [-0.25, -0.2) is 15.0 Å². The van der Waals surface area contributed by atoms with Crippen molar-refractivity contribution >= 4 is 5.82 Å². The lowest BCUT2D eigenvalue weighted by atomic mass is 10.2. The van der Waals surface area contributed by atoms with Crippen molar-refractivity contribution < 1.29 is 0 Å². The number of rotatable bonds is 5. The zero-order chi connectivity index (χ0) is 13.0. The largest absolute Gasteiger partial charge is 0.370 e. The van der Waals surface area contributed by atoms with E-state index in [1.165, 1.54) is 0 Å². The summed E-state index contributed by atoms with van der Waals surface area (Å²) in [6.07, 6.45) is 6.48. The summed E-state index contributed by atoms with van der Waals surface area (Å²) in [5.41, 5.74) is 1.95. The summed E-state index contributed by atoms with van der Waals surface area (Å²) in [5.74, 6) is 1.80. The number of anilines is 1. The number of nitrogens with one attached hydrogen (secondary N) is 1. The molecule has 0 aliphatic heterocycles. The van der Waals surface area contributed by atoms with Gasteiger partial charge in [-0.15, -0.1) is 0 Å². The topological polar surface area (TPSA) is 55.6 Å². The Morgan fingerprint density at radius 3 is 2.78 bits per heavy atom. The Morgan fingerprint density at radius 2 is 2.06 bits per heavy atom. The third kappa shape index (κ3) is 2.34. The first-order chi connectivity index (χ1) is 8.77. The van der Waals surface area contributed by atoms with E-state index in [1.54, 1.807) is 6.33 Å². The van der Waals surface area contributed by atoms with Crippen LogP contribution in [-0.4, -0.2) is 26.1 Å². The van der Waals surface area contributed by atoms with Gasteiger partial charge in [0.25, 0.3) is 0 Å². The van der Waals surface area contributed by atoms with Crippen LogP contribution in [0.1, 0.15) is 25.8 Å². The Hall–Kier alpha value is -1.91. The predicted molar refractivity (Wildman–Crippen MR) is 72.4 cm³/mol. The fraction of sp³-hybridized carbons (Fsp3) is 0.462. The van der Waals surface area contributed by atoms with E-state index in [4.69, 9.17) is 0 Å². The van der Waals surface area contributed by atoms with E-state index in [0.717, 1.165) is 42.4 Å². The van der Waals surface area contributed by atoms with Crippen LogP contribution in [0.5, 0.6) is 0 Å². The van der Waals surface area contributed by atoms with Crippen LogP contribution in [-0.2, 0) is 6.54 Å². The number of aromatic nitrogens is 4. The summed E-state index contributed by atoms with van der Waals surface area (Å²) < 4.78 is 2.13. The van der Waals surface area contributed by atoms with Crippen molar-refractivity contribution in [3.05, 3.63) is 24.3 Å². The highest BCUT2D eigenvalue weighted by Gasteiger charge is 2.13. The molecule has 0 aromatic carbocycles. The van der Waals surface area contributed by atoms with E-state index in [1.807, 2.05) is 19.3 Å². The number of hydrogen-bond acceptors (Lipinski definition) is 4. The Balaban J connectivity index is 2.43. The quantitative estimate of drug-likeness (QED) is 0.879. The van der Waals surface area contributed by atoms with Gasteiger partial charge in [0.15, 0.2) is 5.82 Å². The minimum atomic E-state index is 0.848. The van der Waals surface area contributed by atoms with E-state index in [9.17, 15) is 0 Å². The van der Waals surface area contributed by atoms with Crippen molar-refractivity contribution in [2.75, 3.05) is 11.9 Å². The number of aryl methyl sites for hydroxylation is 1. The molecule has 0 fully saturated rings. The molecular weight excluding hydrogens is 226 g/mol. The highest BCUT2D eigenvalue weighted by atomic mass is 15.1. The maximum absolute atomic E-state index is 4.41. The van der Waals surface area contributed by atoms with Crippen LogP contribution in [0.4, 0.5) is 5.82 Å². The summed E-state index contributed by atoms with van der Waals surface area (Å²) in [5, 5.41) is 3.24. The Kier molecular flexibility index (Phi) is 3.92. The fourth-order valence-electron chi connectivity index (χ4n) is 1.97. The van der Waals surface area contributed by atoms with E-state index >= 15 is 0 Å². The molecule has 0 saturated heterocycles. The van der Waals surface area contributed by atoms with Gasteiger partial charge in [-0.2, -0.15) is 0 Å². The SMILES string of the molecule is CCCn1ccnc1-c1ncnc(NCC)c1C. The lowest BCUT2D eigenvalue weighted by Gasteiger charge is -2.11. The minimum Gasteiger partial charge on any atom is -0.370 e. The smallest absolute Gasteiger partial charge is 0.159 e. The first kappa shape index (κ1) is 12.5. The molecule has 0 unspecified atom stereocenters. The third-order valence-corrected chi connectivity index (χ3v) is 2.82. The first-order valence-electron chi connectivity index (χ1n) is 6.34. The molecule has 0 atom stereocenters. The summed E-state index contributed by atoms with van der Waals surface area (Å²) in [7, 11) is 0. The molecule has 0 aliphatic rings. The summed E-state index contributed by atoms with van der Waals surface area (Å²) in [6, 6.07) is 0. The number of imidazole rings is 1. The third-order valence-electron chi connectivity index (χ3n) is 2.82. The zero-order valence-electron chi connectivity index (χ0n) is 11.1. The van der Waals surface area contributed by atoms with E-state index in [-0.39, 0.29) is 0 Å². The lowest BCUT2D eigenvalue weighted by Crippen LogP contribution is -2.06.